The molecule has 0 aliphatic rings. The normalized spacial score (nSPS) is 10.0. The van der Waals surface area contributed by atoms with E-state index in [2.05, 4.69) is 17.1 Å². The van der Waals surface area contributed by atoms with Crippen molar-refractivity contribution in [2.45, 2.75) is 0 Å². The van der Waals surface area contributed by atoms with E-state index in [0.717, 1.165) is 22.0 Å². The fraction of sp³-hybridized carbons (Fsp3) is 0. The highest BCUT2D eigenvalue weighted by Gasteiger charge is 2.04. The zero-order valence-electron chi connectivity index (χ0n) is 9.71. The number of nitrogens with two attached hydrogens (primary N) is 1. The average Bonchev–Trinajstić information content (AvgIpc) is 2.40. The predicted octanol–water partition coefficient (Wildman–Crippen LogP) is 3.91. The van der Waals surface area contributed by atoms with Crippen molar-refractivity contribution in [1.29, 1.82) is 0 Å². The third-order valence-corrected chi connectivity index (χ3v) is 2.84. The first-order chi connectivity index (χ1) is 8.34. The Balaban J connectivity index is 0.00000120. The van der Waals surface area contributed by atoms with Crippen molar-refractivity contribution in [3.63, 3.8) is 0 Å². The molecular formula is C15H13ClN2. The predicted molar refractivity (Wildman–Crippen MR) is 78.8 cm³/mol. The summed E-state index contributed by atoms with van der Waals surface area (Å²) in [4.78, 5) is 4.45. The molecule has 0 unspecified atom stereocenters. The molecule has 2 N–H and O–H groups in total. The van der Waals surface area contributed by atoms with Crippen LogP contribution in [0.25, 0.3) is 22.0 Å². The van der Waals surface area contributed by atoms with Crippen molar-refractivity contribution >= 4 is 29.0 Å². The second-order valence-electron chi connectivity index (χ2n) is 3.98. The number of hydrogen-bond acceptors (Lipinski definition) is 2. The summed E-state index contributed by atoms with van der Waals surface area (Å²) >= 11 is 0. The van der Waals surface area contributed by atoms with Crippen molar-refractivity contribution in [2.24, 2.45) is 0 Å². The smallest absolute Gasteiger partial charge is 0.131 e. The maximum Gasteiger partial charge on any atom is 0.131 e. The van der Waals surface area contributed by atoms with Gasteiger partial charge in [-0.15, -0.1) is 12.4 Å². The highest BCUT2D eigenvalue weighted by atomic mass is 35.5. The standard InChI is InChI=1S/C15H12N2.ClH/c16-15-13-9-5-4-8-12(13)10-14(17-15)11-6-2-1-3-7-11;/h1-10H,(H2,16,17);1H. The fourth-order valence-electron chi connectivity index (χ4n) is 1.98. The summed E-state index contributed by atoms with van der Waals surface area (Å²) in [5.41, 5.74) is 7.99. The maximum absolute atomic E-state index is 5.98. The monoisotopic (exact) mass is 256 g/mol. The van der Waals surface area contributed by atoms with Crippen LogP contribution in [0.4, 0.5) is 5.82 Å². The van der Waals surface area contributed by atoms with E-state index in [9.17, 15) is 0 Å². The molecule has 1 aromatic heterocycles. The molecule has 0 spiro atoms. The van der Waals surface area contributed by atoms with Crippen LogP contribution in [-0.4, -0.2) is 4.98 Å². The Morgan fingerprint density at radius 1 is 0.833 bits per heavy atom. The number of aromatic nitrogens is 1. The molecule has 0 radical (unpaired) electrons. The van der Waals surface area contributed by atoms with Gasteiger partial charge >= 0.3 is 0 Å². The molecule has 0 saturated carbocycles. The molecule has 0 amide bonds. The van der Waals surface area contributed by atoms with E-state index in [1.165, 1.54) is 0 Å². The molecule has 0 saturated heterocycles. The SMILES string of the molecule is Cl.Nc1nc(-c2ccccc2)cc2ccccc12. The van der Waals surface area contributed by atoms with Gasteiger partial charge < -0.3 is 5.73 Å². The number of hydrogen-bond donors (Lipinski definition) is 1. The Bertz CT molecular complexity index is 666. The lowest BCUT2D eigenvalue weighted by Crippen LogP contribution is -1.94. The van der Waals surface area contributed by atoms with Gasteiger partial charge in [0.15, 0.2) is 0 Å². The number of rotatable bonds is 1. The fourth-order valence-corrected chi connectivity index (χ4v) is 1.98. The van der Waals surface area contributed by atoms with E-state index >= 15 is 0 Å². The number of nitrogens with zero attached hydrogens (tertiary/aromatic N) is 1. The van der Waals surface area contributed by atoms with Crippen LogP contribution in [0.1, 0.15) is 0 Å². The van der Waals surface area contributed by atoms with Crippen LogP contribution in [0.2, 0.25) is 0 Å². The molecule has 0 atom stereocenters. The third kappa shape index (κ3) is 2.15. The molecule has 2 aromatic carbocycles. The summed E-state index contributed by atoms with van der Waals surface area (Å²) in [6.45, 7) is 0. The highest BCUT2D eigenvalue weighted by molar-refractivity contribution is 5.93. The highest BCUT2D eigenvalue weighted by Crippen LogP contribution is 2.25. The van der Waals surface area contributed by atoms with Crippen LogP contribution in [0.5, 0.6) is 0 Å². The summed E-state index contributed by atoms with van der Waals surface area (Å²) in [5, 5.41) is 2.13. The van der Waals surface area contributed by atoms with Gasteiger partial charge in [0.1, 0.15) is 5.82 Å². The molecule has 0 bridgehead atoms. The molecule has 1 heterocycles. The Morgan fingerprint density at radius 3 is 2.28 bits per heavy atom. The van der Waals surface area contributed by atoms with Gasteiger partial charge in [-0.2, -0.15) is 0 Å². The summed E-state index contributed by atoms with van der Waals surface area (Å²) in [5.74, 6) is 0.585. The van der Waals surface area contributed by atoms with Crippen LogP contribution >= 0.6 is 12.4 Å². The van der Waals surface area contributed by atoms with Crippen molar-refractivity contribution in [3.8, 4) is 11.3 Å². The number of fused-ring (bicyclic) bond motifs is 1. The summed E-state index contributed by atoms with van der Waals surface area (Å²) in [6, 6.07) is 20.2. The van der Waals surface area contributed by atoms with E-state index in [1.54, 1.807) is 0 Å². The van der Waals surface area contributed by atoms with Gasteiger partial charge in [-0.3, -0.25) is 0 Å². The minimum atomic E-state index is 0. The van der Waals surface area contributed by atoms with Gasteiger partial charge in [-0.05, 0) is 11.5 Å². The zero-order valence-corrected chi connectivity index (χ0v) is 10.5. The molecule has 0 aliphatic heterocycles. The van der Waals surface area contributed by atoms with Crippen molar-refractivity contribution < 1.29 is 0 Å². The largest absolute Gasteiger partial charge is 0.383 e. The van der Waals surface area contributed by atoms with Crippen LogP contribution in [-0.2, 0) is 0 Å². The second-order valence-corrected chi connectivity index (χ2v) is 3.98. The molecule has 2 nitrogen and oxygen atoms in total. The van der Waals surface area contributed by atoms with Gasteiger partial charge in [0.2, 0.25) is 0 Å². The quantitative estimate of drug-likeness (QED) is 0.717. The van der Waals surface area contributed by atoms with Crippen LogP contribution in [0, 0.1) is 0 Å². The van der Waals surface area contributed by atoms with Gasteiger partial charge in [0.05, 0.1) is 5.69 Å². The minimum Gasteiger partial charge on any atom is -0.383 e. The van der Waals surface area contributed by atoms with Crippen LogP contribution in [0.15, 0.2) is 60.7 Å². The van der Waals surface area contributed by atoms with E-state index in [1.807, 2.05) is 48.5 Å². The molecule has 3 heteroatoms. The van der Waals surface area contributed by atoms with E-state index < -0.39 is 0 Å². The first-order valence-corrected chi connectivity index (χ1v) is 5.55. The van der Waals surface area contributed by atoms with Crippen LogP contribution < -0.4 is 5.73 Å². The Labute approximate surface area is 112 Å². The topological polar surface area (TPSA) is 38.9 Å². The second kappa shape index (κ2) is 5.07. The van der Waals surface area contributed by atoms with Gasteiger partial charge in [-0.25, -0.2) is 4.98 Å². The Hall–Kier alpha value is -2.06. The van der Waals surface area contributed by atoms with Gasteiger partial charge in [-0.1, -0.05) is 54.6 Å². The lowest BCUT2D eigenvalue weighted by atomic mass is 10.1. The lowest BCUT2D eigenvalue weighted by molar-refractivity contribution is 1.36. The zero-order chi connectivity index (χ0) is 11.7. The summed E-state index contributed by atoms with van der Waals surface area (Å²) < 4.78 is 0. The van der Waals surface area contributed by atoms with E-state index in [0.29, 0.717) is 5.82 Å². The number of halogens is 1. The number of benzene rings is 2. The first kappa shape index (κ1) is 12.4. The molecule has 90 valence electrons. The van der Waals surface area contributed by atoms with Crippen molar-refractivity contribution in [2.75, 3.05) is 5.73 Å². The molecule has 18 heavy (non-hydrogen) atoms. The van der Waals surface area contributed by atoms with E-state index in [-0.39, 0.29) is 12.4 Å². The Morgan fingerprint density at radius 2 is 1.50 bits per heavy atom. The molecule has 3 rings (SSSR count). The van der Waals surface area contributed by atoms with Gasteiger partial charge in [0, 0.05) is 10.9 Å². The lowest BCUT2D eigenvalue weighted by Gasteiger charge is -2.06. The molecule has 3 aromatic rings. The first-order valence-electron chi connectivity index (χ1n) is 5.55. The van der Waals surface area contributed by atoms with Crippen LogP contribution in [0.3, 0.4) is 0 Å². The molecule has 0 fully saturated rings. The Kier molecular flexibility index (Phi) is 3.49. The molecule has 0 aliphatic carbocycles. The van der Waals surface area contributed by atoms with E-state index in [4.69, 9.17) is 5.73 Å². The average molecular weight is 257 g/mol. The van der Waals surface area contributed by atoms with Crippen molar-refractivity contribution in [3.05, 3.63) is 60.7 Å². The van der Waals surface area contributed by atoms with Crippen molar-refractivity contribution in [1.82, 2.24) is 4.98 Å². The van der Waals surface area contributed by atoms with Gasteiger partial charge in [0.25, 0.3) is 0 Å². The minimum absolute atomic E-state index is 0. The number of nitrogen functional groups attached to an aromatic ring is 1. The third-order valence-electron chi connectivity index (χ3n) is 2.84. The number of anilines is 1. The number of pyridine rings is 1. The summed E-state index contributed by atoms with van der Waals surface area (Å²) in [7, 11) is 0. The molecular weight excluding hydrogens is 244 g/mol. The maximum atomic E-state index is 5.98. The summed E-state index contributed by atoms with van der Waals surface area (Å²) in [6.07, 6.45) is 0.